The van der Waals surface area contributed by atoms with Crippen LogP contribution in [0.3, 0.4) is 0 Å². The Morgan fingerprint density at radius 3 is 2.66 bits per heavy atom. The Balaban J connectivity index is 1.47. The van der Waals surface area contributed by atoms with Crippen LogP contribution in [-0.4, -0.2) is 23.0 Å². The number of amides is 1. The molecule has 0 fully saturated rings. The minimum atomic E-state index is -0.279. The second-order valence-electron chi connectivity index (χ2n) is 6.90. The van der Waals surface area contributed by atoms with Gasteiger partial charge < -0.3 is 9.47 Å². The maximum absolute atomic E-state index is 12.8. The highest BCUT2D eigenvalue weighted by Gasteiger charge is 2.15. The maximum Gasteiger partial charge on any atom is 0.257 e. The van der Waals surface area contributed by atoms with Gasteiger partial charge in [-0.25, -0.2) is 4.98 Å². The summed E-state index contributed by atoms with van der Waals surface area (Å²) in [6.45, 7) is 2.32. The molecule has 32 heavy (non-hydrogen) atoms. The van der Waals surface area contributed by atoms with Crippen molar-refractivity contribution in [2.24, 2.45) is 0 Å². The summed E-state index contributed by atoms with van der Waals surface area (Å²) in [7, 11) is 1.54. The molecule has 162 valence electrons. The first kappa shape index (κ1) is 21.8. The first-order valence-electron chi connectivity index (χ1n) is 9.78. The molecule has 0 aliphatic rings. The Labute approximate surface area is 194 Å². The van der Waals surface area contributed by atoms with E-state index >= 15 is 0 Å². The van der Waals surface area contributed by atoms with Crippen molar-refractivity contribution in [3.63, 3.8) is 0 Å². The zero-order valence-electron chi connectivity index (χ0n) is 17.5. The third-order valence-electron chi connectivity index (χ3n) is 4.68. The van der Waals surface area contributed by atoms with Crippen LogP contribution in [0.4, 0.5) is 5.13 Å². The number of methoxy groups -OCH3 is 1. The number of hydrogen-bond donors (Lipinski definition) is 1. The third-order valence-corrected chi connectivity index (χ3v) is 5.82. The Hall–Kier alpha value is -3.42. The highest BCUT2D eigenvalue weighted by molar-refractivity contribution is 7.16. The number of carbonyl (C=O) groups is 1. The molecule has 4 aromatic rings. The molecule has 0 bridgehead atoms. The number of rotatable bonds is 7. The lowest BCUT2D eigenvalue weighted by Gasteiger charge is -2.12. The van der Waals surface area contributed by atoms with Gasteiger partial charge in [-0.3, -0.25) is 15.1 Å². The standard InChI is InChI=1S/C24H20ClN3O3S/c1-15-22(17-5-8-19(25)9-6-17)27-24(32-15)28-23(29)18-7-10-20(21(12-18)30-2)31-14-16-4-3-11-26-13-16/h3-13H,14H2,1-2H3,(H,27,28,29). The number of benzene rings is 2. The number of anilines is 1. The number of pyridine rings is 1. The molecule has 8 heteroatoms. The van der Waals surface area contributed by atoms with Crippen molar-refractivity contribution in [2.45, 2.75) is 13.5 Å². The molecule has 0 saturated carbocycles. The van der Waals surface area contributed by atoms with E-state index in [4.69, 9.17) is 21.1 Å². The van der Waals surface area contributed by atoms with E-state index in [2.05, 4.69) is 15.3 Å². The average molecular weight is 466 g/mol. The minimum Gasteiger partial charge on any atom is -0.493 e. The predicted octanol–water partition coefficient (Wildman–Crippen LogP) is 6.01. The normalized spacial score (nSPS) is 10.6. The number of ether oxygens (including phenoxy) is 2. The molecule has 1 N–H and O–H groups in total. The van der Waals surface area contributed by atoms with E-state index in [9.17, 15) is 4.79 Å². The summed E-state index contributed by atoms with van der Waals surface area (Å²) >= 11 is 7.39. The molecular weight excluding hydrogens is 446 g/mol. The van der Waals surface area contributed by atoms with Gasteiger partial charge in [-0.05, 0) is 43.3 Å². The largest absolute Gasteiger partial charge is 0.493 e. The van der Waals surface area contributed by atoms with Gasteiger partial charge in [0.15, 0.2) is 16.6 Å². The van der Waals surface area contributed by atoms with Crippen LogP contribution >= 0.6 is 22.9 Å². The van der Waals surface area contributed by atoms with Crippen molar-refractivity contribution in [1.29, 1.82) is 0 Å². The Bertz CT molecular complexity index is 1230. The van der Waals surface area contributed by atoms with Gasteiger partial charge in [-0.15, -0.1) is 11.3 Å². The summed E-state index contributed by atoms with van der Waals surface area (Å²) in [6, 6.07) is 16.3. The van der Waals surface area contributed by atoms with Gasteiger partial charge in [0.05, 0.1) is 12.8 Å². The van der Waals surface area contributed by atoms with Gasteiger partial charge in [0.25, 0.3) is 5.91 Å². The van der Waals surface area contributed by atoms with Gasteiger partial charge in [0, 0.05) is 39.0 Å². The fourth-order valence-electron chi connectivity index (χ4n) is 3.07. The smallest absolute Gasteiger partial charge is 0.257 e. The van der Waals surface area contributed by atoms with Crippen LogP contribution in [-0.2, 0) is 6.61 Å². The fraction of sp³-hybridized carbons (Fsp3) is 0.125. The van der Waals surface area contributed by atoms with Gasteiger partial charge in [-0.2, -0.15) is 0 Å². The minimum absolute atomic E-state index is 0.279. The van der Waals surface area contributed by atoms with Crippen LogP contribution in [0.25, 0.3) is 11.3 Å². The fourth-order valence-corrected chi connectivity index (χ4v) is 4.02. The molecule has 0 radical (unpaired) electrons. The number of aryl methyl sites for hydroxylation is 1. The first-order valence-corrected chi connectivity index (χ1v) is 11.0. The number of aromatic nitrogens is 2. The second kappa shape index (κ2) is 9.80. The molecule has 2 aromatic carbocycles. The molecule has 2 heterocycles. The lowest BCUT2D eigenvalue weighted by atomic mass is 10.1. The lowest BCUT2D eigenvalue weighted by Crippen LogP contribution is -2.12. The Morgan fingerprint density at radius 2 is 1.94 bits per heavy atom. The van der Waals surface area contributed by atoms with Gasteiger partial charge in [0.2, 0.25) is 0 Å². The third kappa shape index (κ3) is 5.07. The summed E-state index contributed by atoms with van der Waals surface area (Å²) in [5, 5.41) is 4.05. The van der Waals surface area contributed by atoms with E-state index in [1.165, 1.54) is 18.4 Å². The molecule has 0 saturated heterocycles. The second-order valence-corrected chi connectivity index (χ2v) is 8.54. The van der Waals surface area contributed by atoms with Crippen molar-refractivity contribution in [3.8, 4) is 22.8 Å². The molecular formula is C24H20ClN3O3S. The van der Waals surface area contributed by atoms with Crippen LogP contribution in [0.5, 0.6) is 11.5 Å². The van der Waals surface area contributed by atoms with E-state index in [1.54, 1.807) is 30.6 Å². The lowest BCUT2D eigenvalue weighted by molar-refractivity contribution is 0.102. The summed E-state index contributed by atoms with van der Waals surface area (Å²) in [5.41, 5.74) is 3.14. The summed E-state index contributed by atoms with van der Waals surface area (Å²) in [6.07, 6.45) is 3.45. The first-order chi connectivity index (χ1) is 15.5. The molecule has 1 amide bonds. The topological polar surface area (TPSA) is 73.3 Å². The SMILES string of the molecule is COc1cc(C(=O)Nc2nc(-c3ccc(Cl)cc3)c(C)s2)ccc1OCc1cccnc1. The van der Waals surface area contributed by atoms with Crippen LogP contribution in [0.2, 0.25) is 5.02 Å². The zero-order valence-corrected chi connectivity index (χ0v) is 19.0. The number of hydrogen-bond acceptors (Lipinski definition) is 6. The quantitative estimate of drug-likeness (QED) is 0.362. The number of carbonyl (C=O) groups excluding carboxylic acids is 1. The number of thiazole rings is 1. The van der Waals surface area contributed by atoms with Crippen LogP contribution in [0, 0.1) is 6.92 Å². The van der Waals surface area contributed by atoms with Crippen molar-refractivity contribution < 1.29 is 14.3 Å². The van der Waals surface area contributed by atoms with E-state index in [0.717, 1.165) is 21.7 Å². The monoisotopic (exact) mass is 465 g/mol. The van der Waals surface area contributed by atoms with Gasteiger partial charge >= 0.3 is 0 Å². The maximum atomic E-state index is 12.8. The van der Waals surface area contributed by atoms with Gasteiger partial charge in [0.1, 0.15) is 6.61 Å². The molecule has 0 unspecified atom stereocenters. The Morgan fingerprint density at radius 1 is 1.12 bits per heavy atom. The summed E-state index contributed by atoms with van der Waals surface area (Å²) in [5.74, 6) is 0.736. The summed E-state index contributed by atoms with van der Waals surface area (Å²) in [4.78, 5) is 22.5. The molecule has 2 aromatic heterocycles. The van der Waals surface area contributed by atoms with Crippen LogP contribution < -0.4 is 14.8 Å². The number of nitrogens with one attached hydrogen (secondary N) is 1. The van der Waals surface area contributed by atoms with Crippen LogP contribution in [0.1, 0.15) is 20.8 Å². The molecule has 4 rings (SSSR count). The van der Waals surface area contributed by atoms with Crippen molar-refractivity contribution >= 4 is 34.0 Å². The molecule has 0 atom stereocenters. The van der Waals surface area contributed by atoms with E-state index in [1.807, 2.05) is 43.3 Å². The molecule has 6 nitrogen and oxygen atoms in total. The zero-order chi connectivity index (χ0) is 22.5. The van der Waals surface area contributed by atoms with Crippen molar-refractivity contribution in [2.75, 3.05) is 12.4 Å². The number of halogens is 1. The highest BCUT2D eigenvalue weighted by Crippen LogP contribution is 2.32. The van der Waals surface area contributed by atoms with E-state index in [-0.39, 0.29) is 5.91 Å². The molecule has 0 aliphatic carbocycles. The predicted molar refractivity (Wildman–Crippen MR) is 127 cm³/mol. The molecule has 0 aliphatic heterocycles. The van der Waals surface area contributed by atoms with Crippen molar-refractivity contribution in [1.82, 2.24) is 9.97 Å². The van der Waals surface area contributed by atoms with Crippen molar-refractivity contribution in [3.05, 3.63) is 88.0 Å². The van der Waals surface area contributed by atoms with Crippen LogP contribution in [0.15, 0.2) is 67.0 Å². The summed E-state index contributed by atoms with van der Waals surface area (Å²) < 4.78 is 11.2. The highest BCUT2D eigenvalue weighted by atomic mass is 35.5. The Kier molecular flexibility index (Phi) is 6.68. The van der Waals surface area contributed by atoms with E-state index in [0.29, 0.717) is 33.8 Å². The van der Waals surface area contributed by atoms with E-state index < -0.39 is 0 Å². The number of nitrogens with zero attached hydrogens (tertiary/aromatic N) is 2. The average Bonchev–Trinajstić information content (AvgIpc) is 3.18. The molecule has 0 spiro atoms. The van der Waals surface area contributed by atoms with Gasteiger partial charge in [-0.1, -0.05) is 29.8 Å².